The van der Waals surface area contributed by atoms with Crippen molar-refractivity contribution in [2.24, 2.45) is 4.99 Å². The molecule has 0 amide bonds. The molecular formula is C23H32FN7. The van der Waals surface area contributed by atoms with Crippen molar-refractivity contribution in [2.45, 2.75) is 45.2 Å². The van der Waals surface area contributed by atoms with E-state index in [-0.39, 0.29) is 11.9 Å². The van der Waals surface area contributed by atoms with Gasteiger partial charge in [0.1, 0.15) is 5.82 Å². The van der Waals surface area contributed by atoms with Gasteiger partial charge >= 0.3 is 0 Å². The van der Waals surface area contributed by atoms with Gasteiger partial charge in [0.25, 0.3) is 0 Å². The van der Waals surface area contributed by atoms with E-state index in [9.17, 15) is 4.39 Å². The first-order chi connectivity index (χ1) is 15.2. The molecule has 4 heterocycles. The smallest absolute Gasteiger partial charge is 0.191 e. The Morgan fingerprint density at radius 1 is 1.13 bits per heavy atom. The summed E-state index contributed by atoms with van der Waals surface area (Å²) >= 11 is 0. The molecule has 0 bridgehead atoms. The highest BCUT2D eigenvalue weighted by atomic mass is 19.1. The van der Waals surface area contributed by atoms with Gasteiger partial charge in [-0.3, -0.25) is 0 Å². The van der Waals surface area contributed by atoms with Crippen LogP contribution in [0.3, 0.4) is 0 Å². The molecule has 0 radical (unpaired) electrons. The van der Waals surface area contributed by atoms with E-state index in [1.807, 2.05) is 17.2 Å². The number of piperidine rings is 1. The Hall–Kier alpha value is -2.90. The number of aliphatic imine (C=N–C) groups is 1. The largest absolute Gasteiger partial charge is 0.357 e. The van der Waals surface area contributed by atoms with E-state index >= 15 is 0 Å². The fourth-order valence-electron chi connectivity index (χ4n) is 4.22. The Bertz CT molecular complexity index is 882. The van der Waals surface area contributed by atoms with Crippen molar-refractivity contribution in [3.05, 3.63) is 48.0 Å². The van der Waals surface area contributed by atoms with Crippen LogP contribution >= 0.6 is 0 Å². The minimum Gasteiger partial charge on any atom is -0.357 e. The van der Waals surface area contributed by atoms with Crippen molar-refractivity contribution in [3.63, 3.8) is 0 Å². The van der Waals surface area contributed by atoms with Crippen LogP contribution in [-0.4, -0.2) is 54.7 Å². The van der Waals surface area contributed by atoms with Gasteiger partial charge in [0, 0.05) is 51.2 Å². The fraction of sp³-hybridized carbons (Fsp3) is 0.522. The van der Waals surface area contributed by atoms with Gasteiger partial charge < -0.3 is 20.4 Å². The van der Waals surface area contributed by atoms with Crippen LogP contribution in [0, 0.1) is 5.82 Å². The third-order valence-corrected chi connectivity index (χ3v) is 5.82. The maximum Gasteiger partial charge on any atom is 0.191 e. The number of nitrogens with one attached hydrogen (secondary N) is 2. The molecule has 2 saturated heterocycles. The SMILES string of the molecule is CCNC(=NCc1ccnc(N2CCCCC2)c1)NC1CCN(c2ncccc2F)C1. The molecule has 0 aromatic carbocycles. The Balaban J connectivity index is 1.37. The highest BCUT2D eigenvalue weighted by Gasteiger charge is 2.26. The summed E-state index contributed by atoms with van der Waals surface area (Å²) in [7, 11) is 0. The summed E-state index contributed by atoms with van der Waals surface area (Å²) in [6, 6.07) is 7.46. The maximum atomic E-state index is 14.1. The predicted octanol–water partition coefficient (Wildman–Crippen LogP) is 2.94. The third-order valence-electron chi connectivity index (χ3n) is 5.82. The lowest BCUT2D eigenvalue weighted by molar-refractivity contribution is 0.573. The normalized spacial score (nSPS) is 19.5. The van der Waals surface area contributed by atoms with Crippen LogP contribution < -0.4 is 20.4 Å². The molecule has 1 unspecified atom stereocenters. The number of hydrogen-bond acceptors (Lipinski definition) is 5. The Kier molecular flexibility index (Phi) is 7.17. The molecule has 2 aromatic rings. The number of anilines is 2. The minimum absolute atomic E-state index is 0.195. The van der Waals surface area contributed by atoms with Gasteiger partial charge in [-0.1, -0.05) is 0 Å². The molecule has 0 saturated carbocycles. The number of rotatable bonds is 6. The lowest BCUT2D eigenvalue weighted by Gasteiger charge is -2.27. The highest BCUT2D eigenvalue weighted by Crippen LogP contribution is 2.21. The Morgan fingerprint density at radius 3 is 2.81 bits per heavy atom. The van der Waals surface area contributed by atoms with Crippen molar-refractivity contribution < 1.29 is 4.39 Å². The maximum absolute atomic E-state index is 14.1. The van der Waals surface area contributed by atoms with Crippen molar-refractivity contribution in [1.82, 2.24) is 20.6 Å². The van der Waals surface area contributed by atoms with E-state index in [0.29, 0.717) is 18.9 Å². The fourth-order valence-corrected chi connectivity index (χ4v) is 4.22. The molecular weight excluding hydrogens is 393 g/mol. The quantitative estimate of drug-likeness (QED) is 0.548. The second kappa shape index (κ2) is 10.4. The molecule has 1 atom stereocenters. The number of hydrogen-bond donors (Lipinski definition) is 2. The number of halogens is 1. The first-order valence-corrected chi connectivity index (χ1v) is 11.3. The summed E-state index contributed by atoms with van der Waals surface area (Å²) in [5, 5.41) is 6.83. The summed E-state index contributed by atoms with van der Waals surface area (Å²) in [6.45, 7) is 7.07. The van der Waals surface area contributed by atoms with Crippen molar-refractivity contribution in [1.29, 1.82) is 0 Å². The van der Waals surface area contributed by atoms with E-state index in [1.165, 1.54) is 25.3 Å². The zero-order valence-corrected chi connectivity index (χ0v) is 18.2. The Labute approximate surface area is 183 Å². The van der Waals surface area contributed by atoms with Crippen LogP contribution in [0.15, 0.2) is 41.7 Å². The third kappa shape index (κ3) is 5.62. The molecule has 166 valence electrons. The standard InChI is InChI=1S/C23H32FN7/c1-2-25-23(29-19-9-14-31(17-19)22-20(24)7-6-10-27-22)28-16-18-8-11-26-21(15-18)30-12-4-3-5-13-30/h6-8,10-11,15,19H,2-5,9,12-14,16-17H2,1H3,(H2,25,28,29). The summed E-state index contributed by atoms with van der Waals surface area (Å²) in [5.41, 5.74) is 1.15. The monoisotopic (exact) mass is 425 g/mol. The second-order valence-corrected chi connectivity index (χ2v) is 8.15. The molecule has 7 nitrogen and oxygen atoms in total. The number of nitrogens with zero attached hydrogens (tertiary/aromatic N) is 5. The zero-order valence-electron chi connectivity index (χ0n) is 18.2. The van der Waals surface area contributed by atoms with Crippen LogP contribution in [-0.2, 0) is 6.54 Å². The molecule has 2 aliphatic rings. The summed E-state index contributed by atoms with van der Waals surface area (Å²) in [6.07, 6.45) is 8.21. The highest BCUT2D eigenvalue weighted by molar-refractivity contribution is 5.80. The van der Waals surface area contributed by atoms with Crippen LogP contribution in [0.5, 0.6) is 0 Å². The molecule has 8 heteroatoms. The average Bonchev–Trinajstić information content (AvgIpc) is 3.27. The lowest BCUT2D eigenvalue weighted by atomic mass is 10.1. The van der Waals surface area contributed by atoms with Crippen LogP contribution in [0.25, 0.3) is 0 Å². The first kappa shape index (κ1) is 21.3. The van der Waals surface area contributed by atoms with E-state index in [2.05, 4.69) is 38.5 Å². The van der Waals surface area contributed by atoms with Gasteiger partial charge in [0.15, 0.2) is 17.6 Å². The number of aromatic nitrogens is 2. The van der Waals surface area contributed by atoms with Crippen LogP contribution in [0.1, 0.15) is 38.2 Å². The van der Waals surface area contributed by atoms with E-state index < -0.39 is 0 Å². The van der Waals surface area contributed by atoms with Gasteiger partial charge in [0.05, 0.1) is 6.54 Å². The summed E-state index contributed by atoms with van der Waals surface area (Å²) in [4.78, 5) is 17.9. The molecule has 2 N–H and O–H groups in total. The molecule has 4 rings (SSSR count). The predicted molar refractivity (Wildman–Crippen MR) is 123 cm³/mol. The van der Waals surface area contributed by atoms with Crippen LogP contribution in [0.4, 0.5) is 16.0 Å². The van der Waals surface area contributed by atoms with Gasteiger partial charge in [-0.2, -0.15) is 0 Å². The average molecular weight is 426 g/mol. The molecule has 2 fully saturated rings. The molecule has 2 aromatic heterocycles. The lowest BCUT2D eigenvalue weighted by Crippen LogP contribution is -2.44. The van der Waals surface area contributed by atoms with Crippen molar-refractivity contribution >= 4 is 17.6 Å². The topological polar surface area (TPSA) is 68.7 Å². The minimum atomic E-state index is -0.272. The molecule has 0 spiro atoms. The van der Waals surface area contributed by atoms with Crippen LogP contribution in [0.2, 0.25) is 0 Å². The molecule has 0 aliphatic carbocycles. The zero-order chi connectivity index (χ0) is 21.5. The molecule has 2 aliphatic heterocycles. The molecule has 31 heavy (non-hydrogen) atoms. The van der Waals surface area contributed by atoms with E-state index in [4.69, 9.17) is 4.99 Å². The Morgan fingerprint density at radius 2 is 2.00 bits per heavy atom. The summed E-state index contributed by atoms with van der Waals surface area (Å²) in [5.74, 6) is 1.99. The summed E-state index contributed by atoms with van der Waals surface area (Å²) < 4.78 is 14.1. The number of guanidine groups is 1. The second-order valence-electron chi connectivity index (χ2n) is 8.15. The van der Waals surface area contributed by atoms with Crippen molar-refractivity contribution in [3.8, 4) is 0 Å². The van der Waals surface area contributed by atoms with Gasteiger partial charge in [-0.05, 0) is 62.4 Å². The van der Waals surface area contributed by atoms with Gasteiger partial charge in [-0.15, -0.1) is 0 Å². The van der Waals surface area contributed by atoms with Gasteiger partial charge in [-0.25, -0.2) is 19.4 Å². The van der Waals surface area contributed by atoms with Crippen molar-refractivity contribution in [2.75, 3.05) is 42.5 Å². The van der Waals surface area contributed by atoms with E-state index in [0.717, 1.165) is 49.9 Å². The first-order valence-electron chi connectivity index (χ1n) is 11.3. The number of pyridine rings is 2. The van der Waals surface area contributed by atoms with Gasteiger partial charge in [0.2, 0.25) is 0 Å². The van der Waals surface area contributed by atoms with E-state index in [1.54, 1.807) is 12.3 Å².